The van der Waals surface area contributed by atoms with E-state index >= 15 is 0 Å². The van der Waals surface area contributed by atoms with Crippen molar-refractivity contribution in [2.24, 2.45) is 0 Å². The van der Waals surface area contributed by atoms with E-state index in [1.165, 1.54) is 4.90 Å². The van der Waals surface area contributed by atoms with Crippen LogP contribution in [0.15, 0.2) is 72.8 Å². The molecule has 0 atom stereocenters. The van der Waals surface area contributed by atoms with E-state index in [9.17, 15) is 9.59 Å². The quantitative estimate of drug-likeness (QED) is 0.659. The zero-order valence-electron chi connectivity index (χ0n) is 14.5. The standard InChI is InChI=1S/C22H16N2O3/c25-21-15-7-1-2-8-16(15)22(26)24(21)14-13-23-17-9-3-5-11-19(17)27-20-12-6-4-10-18(20)23/h1-12H,13-14H2. The molecule has 5 heteroatoms. The summed E-state index contributed by atoms with van der Waals surface area (Å²) in [5, 5.41) is 0. The maximum Gasteiger partial charge on any atom is 0.261 e. The number of fused-ring (bicyclic) bond motifs is 3. The molecule has 5 rings (SSSR count). The van der Waals surface area contributed by atoms with Gasteiger partial charge in [0.15, 0.2) is 11.5 Å². The zero-order chi connectivity index (χ0) is 18.4. The summed E-state index contributed by atoms with van der Waals surface area (Å²) in [7, 11) is 0. The molecule has 132 valence electrons. The number of rotatable bonds is 3. The summed E-state index contributed by atoms with van der Waals surface area (Å²) in [4.78, 5) is 28.7. The van der Waals surface area contributed by atoms with Gasteiger partial charge in [-0.05, 0) is 36.4 Å². The topological polar surface area (TPSA) is 49.9 Å². The maximum absolute atomic E-state index is 12.6. The Bertz CT molecular complexity index is 996. The van der Waals surface area contributed by atoms with Gasteiger partial charge in [0, 0.05) is 13.1 Å². The lowest BCUT2D eigenvalue weighted by Gasteiger charge is -2.33. The normalized spacial score (nSPS) is 14.5. The van der Waals surface area contributed by atoms with Gasteiger partial charge in [-0.3, -0.25) is 14.5 Å². The molecule has 0 unspecified atom stereocenters. The van der Waals surface area contributed by atoms with Gasteiger partial charge in [-0.25, -0.2) is 0 Å². The van der Waals surface area contributed by atoms with E-state index in [1.807, 2.05) is 48.5 Å². The number of ether oxygens (including phenoxy) is 1. The van der Waals surface area contributed by atoms with Crippen molar-refractivity contribution in [3.05, 3.63) is 83.9 Å². The van der Waals surface area contributed by atoms with Gasteiger partial charge in [0.2, 0.25) is 0 Å². The van der Waals surface area contributed by atoms with Gasteiger partial charge in [-0.15, -0.1) is 0 Å². The predicted octanol–water partition coefficient (Wildman–Crippen LogP) is 4.23. The van der Waals surface area contributed by atoms with Crippen LogP contribution in [0, 0.1) is 0 Å². The number of para-hydroxylation sites is 4. The minimum atomic E-state index is -0.231. The molecule has 27 heavy (non-hydrogen) atoms. The Labute approximate surface area is 156 Å². The Kier molecular flexibility index (Phi) is 3.47. The first kappa shape index (κ1) is 15.6. The molecule has 2 heterocycles. The lowest BCUT2D eigenvalue weighted by Crippen LogP contribution is -2.37. The number of carbonyl (C=O) groups excluding carboxylic acids is 2. The van der Waals surface area contributed by atoms with Crippen LogP contribution in [0.2, 0.25) is 0 Å². The van der Waals surface area contributed by atoms with E-state index in [-0.39, 0.29) is 11.8 Å². The van der Waals surface area contributed by atoms with Crippen LogP contribution in [0.3, 0.4) is 0 Å². The second-order valence-corrected chi connectivity index (χ2v) is 6.50. The Morgan fingerprint density at radius 3 is 1.59 bits per heavy atom. The number of carbonyl (C=O) groups is 2. The molecular weight excluding hydrogens is 340 g/mol. The summed E-state index contributed by atoms with van der Waals surface area (Å²) in [6.07, 6.45) is 0. The molecule has 0 saturated heterocycles. The average Bonchev–Trinajstić information content (AvgIpc) is 2.96. The van der Waals surface area contributed by atoms with Gasteiger partial charge in [0.1, 0.15) is 0 Å². The van der Waals surface area contributed by atoms with Gasteiger partial charge >= 0.3 is 0 Å². The van der Waals surface area contributed by atoms with Gasteiger partial charge in [0.05, 0.1) is 22.5 Å². The predicted molar refractivity (Wildman–Crippen MR) is 102 cm³/mol. The monoisotopic (exact) mass is 356 g/mol. The number of hydrogen-bond acceptors (Lipinski definition) is 4. The van der Waals surface area contributed by atoms with Crippen molar-refractivity contribution >= 4 is 23.2 Å². The van der Waals surface area contributed by atoms with E-state index in [0.29, 0.717) is 24.2 Å². The molecule has 0 spiro atoms. The van der Waals surface area contributed by atoms with Gasteiger partial charge < -0.3 is 9.64 Å². The van der Waals surface area contributed by atoms with Crippen LogP contribution in [0.5, 0.6) is 11.5 Å². The van der Waals surface area contributed by atoms with Gasteiger partial charge in [-0.2, -0.15) is 0 Å². The molecule has 0 fully saturated rings. The highest BCUT2D eigenvalue weighted by Gasteiger charge is 2.35. The molecule has 0 radical (unpaired) electrons. The van der Waals surface area contributed by atoms with Gasteiger partial charge in [0.25, 0.3) is 11.8 Å². The first-order valence-corrected chi connectivity index (χ1v) is 8.83. The lowest BCUT2D eigenvalue weighted by atomic mass is 10.1. The number of benzene rings is 3. The molecule has 3 aromatic carbocycles. The zero-order valence-corrected chi connectivity index (χ0v) is 14.5. The Morgan fingerprint density at radius 2 is 1.04 bits per heavy atom. The highest BCUT2D eigenvalue weighted by Crippen LogP contribution is 2.46. The summed E-state index contributed by atoms with van der Waals surface area (Å²) in [6.45, 7) is 0.790. The third-order valence-electron chi connectivity index (χ3n) is 4.96. The summed E-state index contributed by atoms with van der Waals surface area (Å²) < 4.78 is 5.98. The van der Waals surface area contributed by atoms with E-state index in [1.54, 1.807) is 24.3 Å². The highest BCUT2D eigenvalue weighted by molar-refractivity contribution is 6.21. The SMILES string of the molecule is O=C1c2ccccc2C(=O)N1CCN1c2ccccc2Oc2ccccc21. The molecule has 0 aliphatic carbocycles. The third-order valence-corrected chi connectivity index (χ3v) is 4.96. The molecule has 3 aromatic rings. The van der Waals surface area contributed by atoms with Crippen molar-refractivity contribution in [1.29, 1.82) is 0 Å². The smallest absolute Gasteiger partial charge is 0.261 e. The second kappa shape index (κ2) is 5.99. The number of imide groups is 1. The van der Waals surface area contributed by atoms with Crippen LogP contribution in [0.1, 0.15) is 20.7 Å². The number of hydrogen-bond donors (Lipinski definition) is 0. The van der Waals surface area contributed by atoms with Crippen LogP contribution in [-0.2, 0) is 0 Å². The van der Waals surface area contributed by atoms with E-state index in [2.05, 4.69) is 4.90 Å². The highest BCUT2D eigenvalue weighted by atomic mass is 16.5. The summed E-state index contributed by atoms with van der Waals surface area (Å²) >= 11 is 0. The second-order valence-electron chi connectivity index (χ2n) is 6.50. The number of amides is 2. The Hall–Kier alpha value is -3.60. The van der Waals surface area contributed by atoms with Crippen molar-refractivity contribution in [2.45, 2.75) is 0 Å². The lowest BCUT2D eigenvalue weighted by molar-refractivity contribution is 0.0659. The summed E-state index contributed by atoms with van der Waals surface area (Å²) in [5.41, 5.74) is 2.80. The first-order chi connectivity index (χ1) is 13.2. The molecule has 2 aliphatic rings. The molecule has 0 N–H and O–H groups in total. The molecular formula is C22H16N2O3. The third kappa shape index (κ3) is 2.39. The minimum Gasteiger partial charge on any atom is -0.453 e. The number of anilines is 2. The molecule has 0 bridgehead atoms. The number of nitrogens with zero attached hydrogens (tertiary/aromatic N) is 2. The van der Waals surface area contributed by atoms with E-state index < -0.39 is 0 Å². The average molecular weight is 356 g/mol. The van der Waals surface area contributed by atoms with E-state index in [4.69, 9.17) is 4.74 Å². The van der Waals surface area contributed by atoms with Crippen molar-refractivity contribution in [3.63, 3.8) is 0 Å². The molecule has 5 nitrogen and oxygen atoms in total. The van der Waals surface area contributed by atoms with Crippen molar-refractivity contribution in [3.8, 4) is 11.5 Å². The molecule has 2 amide bonds. The molecule has 0 aromatic heterocycles. The Morgan fingerprint density at radius 1 is 0.593 bits per heavy atom. The summed E-state index contributed by atoms with van der Waals surface area (Å²) in [6, 6.07) is 22.5. The molecule has 2 aliphatic heterocycles. The van der Waals surface area contributed by atoms with Crippen LogP contribution in [-0.4, -0.2) is 29.8 Å². The van der Waals surface area contributed by atoms with Gasteiger partial charge in [-0.1, -0.05) is 36.4 Å². The maximum atomic E-state index is 12.6. The summed E-state index contributed by atoms with van der Waals surface area (Å²) in [5.74, 6) is 1.06. The minimum absolute atomic E-state index is 0.231. The van der Waals surface area contributed by atoms with Crippen molar-refractivity contribution in [2.75, 3.05) is 18.0 Å². The van der Waals surface area contributed by atoms with Crippen LogP contribution < -0.4 is 9.64 Å². The molecule has 0 saturated carbocycles. The Balaban J connectivity index is 1.46. The first-order valence-electron chi connectivity index (χ1n) is 8.83. The fraction of sp³-hybridized carbons (Fsp3) is 0.0909. The fourth-order valence-electron chi connectivity index (χ4n) is 3.66. The largest absolute Gasteiger partial charge is 0.453 e. The van der Waals surface area contributed by atoms with Crippen LogP contribution >= 0.6 is 0 Å². The fourth-order valence-corrected chi connectivity index (χ4v) is 3.66. The van der Waals surface area contributed by atoms with Crippen LogP contribution in [0.25, 0.3) is 0 Å². The van der Waals surface area contributed by atoms with E-state index in [0.717, 1.165) is 22.9 Å². The van der Waals surface area contributed by atoms with Crippen molar-refractivity contribution < 1.29 is 14.3 Å². The van der Waals surface area contributed by atoms with Crippen LogP contribution in [0.4, 0.5) is 11.4 Å². The van der Waals surface area contributed by atoms with Crippen molar-refractivity contribution in [1.82, 2.24) is 4.90 Å².